The highest BCUT2D eigenvalue weighted by atomic mass is 16.6. The third kappa shape index (κ3) is 5.50. The van der Waals surface area contributed by atoms with Crippen molar-refractivity contribution in [1.82, 2.24) is 10.2 Å². The number of aliphatic hydroxyl groups excluding tert-OH is 1. The molecule has 1 fully saturated rings. The zero-order valence-electron chi connectivity index (χ0n) is 14.9. The van der Waals surface area contributed by atoms with E-state index in [9.17, 15) is 9.90 Å². The van der Waals surface area contributed by atoms with Crippen LogP contribution in [0.5, 0.6) is 0 Å². The van der Waals surface area contributed by atoms with Gasteiger partial charge in [-0.25, -0.2) is 4.79 Å². The van der Waals surface area contributed by atoms with Crippen molar-refractivity contribution in [3.8, 4) is 0 Å². The molecule has 0 aromatic carbocycles. The molecule has 23 heavy (non-hydrogen) atoms. The molecule has 1 amide bonds. The summed E-state index contributed by atoms with van der Waals surface area (Å²) >= 11 is 0. The molecular formula is C18H32N2O3. The van der Waals surface area contributed by atoms with Crippen molar-refractivity contribution >= 4 is 6.09 Å². The molecule has 2 aliphatic rings. The second-order valence-corrected chi connectivity index (χ2v) is 7.95. The predicted molar refractivity (Wildman–Crippen MR) is 91.2 cm³/mol. The second-order valence-electron chi connectivity index (χ2n) is 7.95. The average Bonchev–Trinajstić information content (AvgIpc) is 2.93. The molecule has 0 bridgehead atoms. The lowest BCUT2D eigenvalue weighted by Crippen LogP contribution is -2.49. The minimum absolute atomic E-state index is 0.199. The highest BCUT2D eigenvalue weighted by Crippen LogP contribution is 2.24. The Labute approximate surface area is 140 Å². The summed E-state index contributed by atoms with van der Waals surface area (Å²) in [5.74, 6) is 0.724. The predicted octanol–water partition coefficient (Wildman–Crippen LogP) is 2.55. The molecule has 0 spiro atoms. The second kappa shape index (κ2) is 7.67. The van der Waals surface area contributed by atoms with E-state index in [0.29, 0.717) is 18.0 Å². The number of aliphatic hydroxyl groups is 1. The zero-order valence-corrected chi connectivity index (χ0v) is 14.9. The van der Waals surface area contributed by atoms with Crippen molar-refractivity contribution in [3.63, 3.8) is 0 Å². The van der Waals surface area contributed by atoms with Crippen LogP contribution in [-0.2, 0) is 4.74 Å². The molecular weight excluding hydrogens is 292 g/mol. The van der Waals surface area contributed by atoms with E-state index in [2.05, 4.69) is 24.4 Å². The van der Waals surface area contributed by atoms with E-state index in [4.69, 9.17) is 4.74 Å². The van der Waals surface area contributed by atoms with E-state index < -0.39 is 5.60 Å². The Hall–Kier alpha value is -1.07. The first-order chi connectivity index (χ1) is 10.8. The minimum Gasteiger partial charge on any atom is -0.444 e. The number of piperidine rings is 1. The molecule has 1 saturated heterocycles. The van der Waals surface area contributed by atoms with Gasteiger partial charge in [0.25, 0.3) is 0 Å². The lowest BCUT2D eigenvalue weighted by Gasteiger charge is -2.37. The standard InChI is InChI=1S/C18H32N2O3/c1-13(19-16-8-7-14(10-16)12-21)15-6-5-9-20(11-15)17(22)23-18(2,3)4/h7-8,13-16,19,21H,5-6,9-12H2,1-4H3/t13-,14-,15-,16+/m0/s1. The maximum Gasteiger partial charge on any atom is 0.410 e. The minimum atomic E-state index is -0.443. The van der Waals surface area contributed by atoms with E-state index in [0.717, 1.165) is 32.4 Å². The van der Waals surface area contributed by atoms with E-state index in [1.807, 2.05) is 25.7 Å². The molecule has 2 N–H and O–H groups in total. The number of likely N-dealkylation sites (tertiary alicyclic amines) is 1. The van der Waals surface area contributed by atoms with Gasteiger partial charge in [0.05, 0.1) is 0 Å². The molecule has 1 aliphatic heterocycles. The van der Waals surface area contributed by atoms with Crippen LogP contribution in [0.25, 0.3) is 0 Å². The smallest absolute Gasteiger partial charge is 0.410 e. The molecule has 0 saturated carbocycles. The summed E-state index contributed by atoms with van der Waals surface area (Å²) in [5, 5.41) is 12.9. The quantitative estimate of drug-likeness (QED) is 0.780. The number of amides is 1. The zero-order chi connectivity index (χ0) is 17.0. The molecule has 0 unspecified atom stereocenters. The first kappa shape index (κ1) is 18.3. The number of carbonyl (C=O) groups excluding carboxylic acids is 1. The Morgan fingerprint density at radius 3 is 2.78 bits per heavy atom. The third-order valence-electron chi connectivity index (χ3n) is 4.70. The first-order valence-electron chi connectivity index (χ1n) is 8.81. The molecule has 5 nitrogen and oxygen atoms in total. The molecule has 0 radical (unpaired) electrons. The topological polar surface area (TPSA) is 61.8 Å². The van der Waals surface area contributed by atoms with Crippen LogP contribution in [0.4, 0.5) is 4.79 Å². The van der Waals surface area contributed by atoms with Gasteiger partial charge in [-0.1, -0.05) is 12.2 Å². The van der Waals surface area contributed by atoms with E-state index in [-0.39, 0.29) is 18.6 Å². The van der Waals surface area contributed by atoms with Crippen molar-refractivity contribution in [2.75, 3.05) is 19.7 Å². The van der Waals surface area contributed by atoms with Crippen molar-refractivity contribution in [1.29, 1.82) is 0 Å². The number of rotatable bonds is 4. The van der Waals surface area contributed by atoms with Gasteiger partial charge in [-0.15, -0.1) is 0 Å². The maximum atomic E-state index is 12.3. The SMILES string of the molecule is C[C@H](N[C@@H]1C=C[C@H](CO)C1)[C@H]1CCCN(C(=O)OC(C)(C)C)C1. The van der Waals surface area contributed by atoms with Crippen molar-refractivity contribution in [3.05, 3.63) is 12.2 Å². The van der Waals surface area contributed by atoms with Gasteiger partial charge in [0.2, 0.25) is 0 Å². The molecule has 0 aromatic rings. The maximum absolute atomic E-state index is 12.3. The Bertz CT molecular complexity index is 430. The van der Waals surface area contributed by atoms with Gasteiger partial charge in [0, 0.05) is 37.7 Å². The van der Waals surface area contributed by atoms with Gasteiger partial charge in [-0.2, -0.15) is 0 Å². The van der Waals surface area contributed by atoms with Crippen LogP contribution in [0, 0.1) is 11.8 Å². The van der Waals surface area contributed by atoms with Gasteiger partial charge in [-0.3, -0.25) is 0 Å². The summed E-state index contributed by atoms with van der Waals surface area (Å²) in [4.78, 5) is 14.1. The Morgan fingerprint density at radius 2 is 2.17 bits per heavy atom. The monoisotopic (exact) mass is 324 g/mol. The van der Waals surface area contributed by atoms with Crippen molar-refractivity contribution in [2.24, 2.45) is 11.8 Å². The van der Waals surface area contributed by atoms with Crippen LogP contribution >= 0.6 is 0 Å². The van der Waals surface area contributed by atoms with E-state index in [1.54, 1.807) is 0 Å². The highest BCUT2D eigenvalue weighted by Gasteiger charge is 2.31. The van der Waals surface area contributed by atoms with Gasteiger partial charge in [0.15, 0.2) is 0 Å². The summed E-state index contributed by atoms with van der Waals surface area (Å²) < 4.78 is 5.49. The fourth-order valence-electron chi connectivity index (χ4n) is 3.42. The average molecular weight is 324 g/mol. The Morgan fingerprint density at radius 1 is 1.43 bits per heavy atom. The molecule has 5 heteroatoms. The van der Waals surface area contributed by atoms with E-state index >= 15 is 0 Å². The molecule has 1 aliphatic carbocycles. The van der Waals surface area contributed by atoms with Gasteiger partial charge < -0.3 is 20.1 Å². The van der Waals surface area contributed by atoms with Crippen LogP contribution in [0.1, 0.15) is 47.0 Å². The number of hydrogen-bond donors (Lipinski definition) is 2. The largest absolute Gasteiger partial charge is 0.444 e. The fraction of sp³-hybridized carbons (Fsp3) is 0.833. The number of nitrogens with zero attached hydrogens (tertiary/aromatic N) is 1. The van der Waals surface area contributed by atoms with Crippen LogP contribution in [-0.4, -0.2) is 53.5 Å². The number of nitrogens with one attached hydrogen (secondary N) is 1. The Balaban J connectivity index is 1.83. The van der Waals surface area contributed by atoms with Crippen LogP contribution in [0.3, 0.4) is 0 Å². The summed E-state index contributed by atoms with van der Waals surface area (Å²) in [6.07, 6.45) is 7.17. The lowest BCUT2D eigenvalue weighted by molar-refractivity contribution is 0.0147. The number of hydrogen-bond acceptors (Lipinski definition) is 4. The summed E-state index contributed by atoms with van der Waals surface area (Å²) in [5.41, 5.74) is -0.443. The van der Waals surface area contributed by atoms with Crippen LogP contribution in [0.2, 0.25) is 0 Å². The van der Waals surface area contributed by atoms with Crippen LogP contribution < -0.4 is 5.32 Å². The summed E-state index contributed by atoms with van der Waals surface area (Å²) in [7, 11) is 0. The van der Waals surface area contributed by atoms with Crippen LogP contribution in [0.15, 0.2) is 12.2 Å². The normalized spacial score (nSPS) is 29.6. The van der Waals surface area contributed by atoms with Gasteiger partial charge in [0.1, 0.15) is 5.60 Å². The third-order valence-corrected chi connectivity index (χ3v) is 4.70. The van der Waals surface area contributed by atoms with Crippen molar-refractivity contribution < 1.29 is 14.6 Å². The molecule has 0 aromatic heterocycles. The summed E-state index contributed by atoms with van der Waals surface area (Å²) in [6.45, 7) is 9.67. The highest BCUT2D eigenvalue weighted by molar-refractivity contribution is 5.68. The number of ether oxygens (including phenoxy) is 1. The van der Waals surface area contributed by atoms with E-state index in [1.165, 1.54) is 0 Å². The fourth-order valence-corrected chi connectivity index (χ4v) is 3.42. The van der Waals surface area contributed by atoms with Gasteiger partial charge in [-0.05, 0) is 52.9 Å². The lowest BCUT2D eigenvalue weighted by atomic mass is 9.91. The van der Waals surface area contributed by atoms with Gasteiger partial charge >= 0.3 is 6.09 Å². The molecule has 132 valence electrons. The Kier molecular flexibility index (Phi) is 6.09. The number of carbonyl (C=O) groups is 1. The van der Waals surface area contributed by atoms with Crippen molar-refractivity contribution in [2.45, 2.75) is 64.6 Å². The molecule has 4 atom stereocenters. The summed E-state index contributed by atoms with van der Waals surface area (Å²) in [6, 6.07) is 0.673. The molecule has 2 rings (SSSR count). The molecule has 1 heterocycles. The first-order valence-corrected chi connectivity index (χ1v) is 8.81.